The van der Waals surface area contributed by atoms with Gasteiger partial charge in [-0.25, -0.2) is 4.39 Å². The molecule has 1 saturated carbocycles. The van der Waals surface area contributed by atoms with Gasteiger partial charge in [-0.3, -0.25) is 14.5 Å². The molecule has 0 radical (unpaired) electrons. The fourth-order valence-corrected chi connectivity index (χ4v) is 4.44. The van der Waals surface area contributed by atoms with Crippen molar-refractivity contribution >= 4 is 5.91 Å². The average Bonchev–Trinajstić information content (AvgIpc) is 3.65. The summed E-state index contributed by atoms with van der Waals surface area (Å²) in [6, 6.07) is 17.3. The highest BCUT2D eigenvalue weighted by atomic mass is 19.1. The van der Waals surface area contributed by atoms with Gasteiger partial charge < -0.3 is 10.4 Å². The molecule has 0 spiro atoms. The number of carbonyl (C=O) groups is 1. The second kappa shape index (κ2) is 10.3. The molecule has 2 heterocycles. The van der Waals surface area contributed by atoms with Crippen molar-refractivity contribution in [3.05, 3.63) is 90.1 Å². The lowest BCUT2D eigenvalue weighted by molar-refractivity contribution is 0.0950. The van der Waals surface area contributed by atoms with E-state index in [1.165, 1.54) is 31.0 Å². The zero-order chi connectivity index (χ0) is 25.1. The Morgan fingerprint density at radius 2 is 1.92 bits per heavy atom. The summed E-state index contributed by atoms with van der Waals surface area (Å²) in [5.41, 5.74) is 4.88. The third kappa shape index (κ3) is 5.30. The molecule has 2 N–H and O–H groups in total. The number of phenols is 1. The van der Waals surface area contributed by atoms with Crippen LogP contribution in [0.15, 0.2) is 73.1 Å². The Hall–Kier alpha value is -4.00. The van der Waals surface area contributed by atoms with E-state index < -0.39 is 0 Å². The Morgan fingerprint density at radius 1 is 1.14 bits per heavy atom. The van der Waals surface area contributed by atoms with Crippen LogP contribution in [-0.2, 0) is 6.42 Å². The van der Waals surface area contributed by atoms with Gasteiger partial charge in [0.15, 0.2) is 0 Å². The predicted octanol–water partition coefficient (Wildman–Crippen LogP) is 5.79. The number of aromatic hydroxyl groups is 1. The predicted molar refractivity (Wildman–Crippen MR) is 137 cm³/mol. The van der Waals surface area contributed by atoms with Gasteiger partial charge in [-0.15, -0.1) is 0 Å². The van der Waals surface area contributed by atoms with E-state index in [4.69, 9.17) is 5.10 Å². The molecule has 1 unspecified atom stereocenters. The first-order valence-electron chi connectivity index (χ1n) is 12.4. The summed E-state index contributed by atoms with van der Waals surface area (Å²) in [5, 5.41) is 17.6. The number of aromatic nitrogens is 3. The number of para-hydroxylation sites is 1. The maximum atomic E-state index is 13.6. The summed E-state index contributed by atoms with van der Waals surface area (Å²) in [5.74, 6) is 0.0560. The van der Waals surface area contributed by atoms with Crippen molar-refractivity contribution in [1.82, 2.24) is 20.1 Å². The summed E-state index contributed by atoms with van der Waals surface area (Å²) in [7, 11) is 0. The topological polar surface area (TPSA) is 80.0 Å². The van der Waals surface area contributed by atoms with Crippen LogP contribution < -0.4 is 5.32 Å². The van der Waals surface area contributed by atoms with E-state index in [0.717, 1.165) is 28.1 Å². The van der Waals surface area contributed by atoms with E-state index in [-0.39, 0.29) is 23.0 Å². The fraction of sp³-hybridized carbons (Fsp3) is 0.276. The van der Waals surface area contributed by atoms with E-state index in [1.807, 2.05) is 10.7 Å². The summed E-state index contributed by atoms with van der Waals surface area (Å²) in [6.45, 7) is 2.67. The van der Waals surface area contributed by atoms with Crippen LogP contribution in [0.25, 0.3) is 22.4 Å². The summed E-state index contributed by atoms with van der Waals surface area (Å²) >= 11 is 0. The second-order valence-corrected chi connectivity index (χ2v) is 9.37. The molecule has 1 fully saturated rings. The van der Waals surface area contributed by atoms with Gasteiger partial charge in [0.05, 0.1) is 11.6 Å². The first-order valence-corrected chi connectivity index (χ1v) is 12.4. The Balaban J connectivity index is 1.31. The first-order chi connectivity index (χ1) is 17.5. The number of nitrogens with one attached hydrogen (secondary N) is 1. The number of phenolic OH excluding ortho intramolecular Hbond substituents is 1. The van der Waals surface area contributed by atoms with E-state index in [0.29, 0.717) is 31.3 Å². The number of hydrogen-bond acceptors (Lipinski definition) is 4. The maximum Gasteiger partial charge on any atom is 0.255 e. The number of rotatable bonds is 9. The van der Waals surface area contributed by atoms with Crippen molar-refractivity contribution in [2.45, 2.75) is 38.6 Å². The molecule has 7 heteroatoms. The van der Waals surface area contributed by atoms with Crippen molar-refractivity contribution in [2.75, 3.05) is 6.54 Å². The highest BCUT2D eigenvalue weighted by Crippen LogP contribution is 2.41. The quantitative estimate of drug-likeness (QED) is 0.295. The third-order valence-electron chi connectivity index (χ3n) is 6.74. The van der Waals surface area contributed by atoms with Crippen LogP contribution in [0.3, 0.4) is 0 Å². The largest absolute Gasteiger partial charge is 0.507 e. The van der Waals surface area contributed by atoms with Crippen molar-refractivity contribution in [3.63, 3.8) is 0 Å². The average molecular weight is 485 g/mol. The third-order valence-corrected chi connectivity index (χ3v) is 6.74. The molecule has 5 rings (SSSR count). The second-order valence-electron chi connectivity index (χ2n) is 9.37. The Labute approximate surface area is 209 Å². The normalized spacial score (nSPS) is 13.9. The molecule has 4 aromatic rings. The number of carbonyl (C=O) groups excluding carboxylic acids is 1. The van der Waals surface area contributed by atoms with Gasteiger partial charge in [-0.05, 0) is 92.6 Å². The van der Waals surface area contributed by atoms with Crippen molar-refractivity contribution in [3.8, 4) is 28.1 Å². The smallest absolute Gasteiger partial charge is 0.255 e. The van der Waals surface area contributed by atoms with Gasteiger partial charge in [-0.1, -0.05) is 12.1 Å². The zero-order valence-corrected chi connectivity index (χ0v) is 20.2. The van der Waals surface area contributed by atoms with Gasteiger partial charge in [0, 0.05) is 35.8 Å². The summed E-state index contributed by atoms with van der Waals surface area (Å²) in [6.07, 6.45) is 7.73. The highest BCUT2D eigenvalue weighted by molar-refractivity contribution is 5.96. The monoisotopic (exact) mass is 484 g/mol. The molecule has 0 saturated heterocycles. The summed E-state index contributed by atoms with van der Waals surface area (Å²) in [4.78, 5) is 16.8. The van der Waals surface area contributed by atoms with Crippen molar-refractivity contribution in [2.24, 2.45) is 5.92 Å². The molecule has 0 aliphatic heterocycles. The number of amides is 1. The number of benzene rings is 2. The Morgan fingerprint density at radius 3 is 2.67 bits per heavy atom. The van der Waals surface area contributed by atoms with Crippen LogP contribution in [0.1, 0.15) is 48.3 Å². The lowest BCUT2D eigenvalue weighted by Gasteiger charge is -2.09. The molecular formula is C29H29FN4O2. The van der Waals surface area contributed by atoms with E-state index in [9.17, 15) is 14.3 Å². The van der Waals surface area contributed by atoms with Crippen LogP contribution in [0, 0.1) is 11.7 Å². The zero-order valence-electron chi connectivity index (χ0n) is 20.2. The van der Waals surface area contributed by atoms with Gasteiger partial charge in [0.1, 0.15) is 17.3 Å². The SMILES string of the molecule is CC(C1CC1)n1cc(-c2ccnc(CCCNC(=O)c3ccccc3O)c2)c(-c2ccc(F)cc2)n1. The van der Waals surface area contributed by atoms with Crippen molar-refractivity contribution in [1.29, 1.82) is 0 Å². The van der Waals surface area contributed by atoms with E-state index >= 15 is 0 Å². The summed E-state index contributed by atoms with van der Waals surface area (Å²) < 4.78 is 15.6. The van der Waals surface area contributed by atoms with Gasteiger partial charge in [0.2, 0.25) is 0 Å². The van der Waals surface area contributed by atoms with Gasteiger partial charge in [0.25, 0.3) is 5.91 Å². The number of aryl methyl sites for hydroxylation is 1. The molecule has 1 aliphatic carbocycles. The number of pyridine rings is 1. The number of hydrogen-bond donors (Lipinski definition) is 2. The van der Waals surface area contributed by atoms with Gasteiger partial charge >= 0.3 is 0 Å². The van der Waals surface area contributed by atoms with Crippen LogP contribution in [0.4, 0.5) is 4.39 Å². The molecule has 1 aliphatic rings. The van der Waals surface area contributed by atoms with E-state index in [1.54, 1.807) is 36.5 Å². The maximum absolute atomic E-state index is 13.6. The standard InChI is InChI=1S/C29H29FN4O2/c1-19(20-8-9-20)34-18-26(28(33-34)21-10-12-23(30)13-11-21)22-14-16-31-24(17-22)5-4-15-32-29(36)25-6-2-3-7-27(25)35/h2-3,6-7,10-14,16-20,35H,4-5,8-9,15H2,1H3,(H,32,36). The fourth-order valence-electron chi connectivity index (χ4n) is 4.44. The number of halogens is 1. The Kier molecular flexibility index (Phi) is 6.80. The van der Waals surface area contributed by atoms with Crippen LogP contribution in [-0.4, -0.2) is 32.3 Å². The van der Waals surface area contributed by atoms with Crippen LogP contribution >= 0.6 is 0 Å². The van der Waals surface area contributed by atoms with E-state index in [2.05, 4.69) is 29.5 Å². The minimum Gasteiger partial charge on any atom is -0.507 e. The molecular weight excluding hydrogens is 455 g/mol. The number of nitrogens with zero attached hydrogens (tertiary/aromatic N) is 3. The van der Waals surface area contributed by atoms with Crippen LogP contribution in [0.2, 0.25) is 0 Å². The van der Waals surface area contributed by atoms with Crippen molar-refractivity contribution < 1.29 is 14.3 Å². The first kappa shape index (κ1) is 23.7. The minimum absolute atomic E-state index is 0.0297. The molecule has 2 aromatic heterocycles. The Bertz CT molecular complexity index is 1360. The molecule has 2 aromatic carbocycles. The molecule has 1 amide bonds. The molecule has 0 bridgehead atoms. The lowest BCUT2D eigenvalue weighted by atomic mass is 10.0. The van der Waals surface area contributed by atoms with Gasteiger partial charge in [-0.2, -0.15) is 5.10 Å². The van der Waals surface area contributed by atoms with Crippen LogP contribution in [0.5, 0.6) is 5.75 Å². The minimum atomic E-state index is -0.295. The molecule has 1 atom stereocenters. The highest BCUT2D eigenvalue weighted by Gasteiger charge is 2.30. The molecule has 36 heavy (non-hydrogen) atoms. The molecule has 184 valence electrons. The lowest BCUT2D eigenvalue weighted by Crippen LogP contribution is -2.24. The molecule has 6 nitrogen and oxygen atoms in total.